The highest BCUT2D eigenvalue weighted by atomic mass is 127. The van der Waals surface area contributed by atoms with Gasteiger partial charge in [0, 0.05) is 19.7 Å². The van der Waals surface area contributed by atoms with Crippen LogP contribution in [0.4, 0.5) is 0 Å². The van der Waals surface area contributed by atoms with Crippen molar-refractivity contribution in [2.24, 2.45) is 10.9 Å². The van der Waals surface area contributed by atoms with Crippen LogP contribution in [0.5, 0.6) is 17.2 Å². The Morgan fingerprint density at radius 2 is 1.96 bits per heavy atom. The van der Waals surface area contributed by atoms with E-state index in [0.717, 1.165) is 29.8 Å². The van der Waals surface area contributed by atoms with Crippen molar-refractivity contribution in [3.05, 3.63) is 18.2 Å². The lowest BCUT2D eigenvalue weighted by molar-refractivity contribution is 0.173. The second kappa shape index (κ2) is 11.2. The monoisotopic (exact) mass is 449 g/mol. The second-order valence-corrected chi connectivity index (χ2v) is 5.43. The minimum atomic E-state index is 0. The van der Waals surface area contributed by atoms with Crippen LogP contribution in [0.2, 0.25) is 0 Å². The molecule has 1 aliphatic rings. The third-order valence-electron chi connectivity index (χ3n) is 3.94. The number of ether oxygens (including phenoxy) is 3. The number of guanidine groups is 1. The summed E-state index contributed by atoms with van der Waals surface area (Å²) in [5, 5.41) is 6.60. The van der Waals surface area contributed by atoms with Crippen LogP contribution in [-0.4, -0.2) is 39.5 Å². The maximum absolute atomic E-state index is 5.71. The maximum atomic E-state index is 5.71. The second-order valence-electron chi connectivity index (χ2n) is 5.43. The third kappa shape index (κ3) is 6.26. The van der Waals surface area contributed by atoms with Crippen LogP contribution in [0.3, 0.4) is 0 Å². The summed E-state index contributed by atoms with van der Waals surface area (Å²) in [5.41, 5.74) is 0. The molecule has 0 atom stereocenters. The molecule has 0 aromatic heterocycles. The first-order chi connectivity index (χ1) is 11.3. The van der Waals surface area contributed by atoms with E-state index in [0.29, 0.717) is 19.1 Å². The minimum Gasteiger partial charge on any atom is -0.492 e. The van der Waals surface area contributed by atoms with E-state index in [9.17, 15) is 0 Å². The van der Waals surface area contributed by atoms with Crippen LogP contribution in [0.25, 0.3) is 0 Å². The average Bonchev–Trinajstić information content (AvgIpc) is 3.05. The lowest BCUT2D eigenvalue weighted by Gasteiger charge is -2.16. The highest BCUT2D eigenvalue weighted by molar-refractivity contribution is 14.0. The lowest BCUT2D eigenvalue weighted by Crippen LogP contribution is -2.41. The van der Waals surface area contributed by atoms with Crippen molar-refractivity contribution in [1.82, 2.24) is 10.6 Å². The molecule has 1 heterocycles. The smallest absolute Gasteiger partial charge is 0.231 e. The summed E-state index contributed by atoms with van der Waals surface area (Å²) in [6.07, 6.45) is 2.35. The number of fused-ring (bicyclic) bond motifs is 1. The van der Waals surface area contributed by atoms with Gasteiger partial charge in [-0.1, -0.05) is 26.7 Å². The van der Waals surface area contributed by atoms with Crippen LogP contribution in [-0.2, 0) is 0 Å². The zero-order chi connectivity index (χ0) is 16.5. The van der Waals surface area contributed by atoms with Gasteiger partial charge >= 0.3 is 0 Å². The number of aliphatic imine (C=N–C) groups is 1. The molecule has 0 bridgehead atoms. The van der Waals surface area contributed by atoms with E-state index in [1.807, 2.05) is 18.2 Å². The summed E-state index contributed by atoms with van der Waals surface area (Å²) in [6.45, 7) is 6.87. The van der Waals surface area contributed by atoms with E-state index >= 15 is 0 Å². The minimum absolute atomic E-state index is 0. The van der Waals surface area contributed by atoms with Crippen LogP contribution in [0.15, 0.2) is 23.2 Å². The zero-order valence-corrected chi connectivity index (χ0v) is 17.0. The molecule has 0 fully saturated rings. The molecule has 6 nitrogen and oxygen atoms in total. The fraction of sp³-hybridized carbons (Fsp3) is 0.588. The van der Waals surface area contributed by atoms with Gasteiger partial charge in [0.2, 0.25) is 6.79 Å². The molecule has 0 spiro atoms. The molecule has 2 rings (SSSR count). The fourth-order valence-corrected chi connectivity index (χ4v) is 2.34. The number of nitrogens with one attached hydrogen (secondary N) is 2. The Labute approximate surface area is 161 Å². The summed E-state index contributed by atoms with van der Waals surface area (Å²) >= 11 is 0. The number of hydrogen-bond acceptors (Lipinski definition) is 4. The fourth-order valence-electron chi connectivity index (χ4n) is 2.34. The molecular weight excluding hydrogens is 421 g/mol. The first-order valence-electron chi connectivity index (χ1n) is 8.23. The van der Waals surface area contributed by atoms with Crippen LogP contribution >= 0.6 is 24.0 Å². The molecule has 1 aliphatic heterocycles. The van der Waals surface area contributed by atoms with E-state index in [2.05, 4.69) is 29.5 Å². The third-order valence-corrected chi connectivity index (χ3v) is 3.94. The number of halogens is 1. The van der Waals surface area contributed by atoms with Crippen molar-refractivity contribution in [3.8, 4) is 17.2 Å². The summed E-state index contributed by atoms with van der Waals surface area (Å²) in [5.74, 6) is 3.76. The molecule has 0 saturated carbocycles. The van der Waals surface area contributed by atoms with Gasteiger partial charge < -0.3 is 24.8 Å². The van der Waals surface area contributed by atoms with Gasteiger partial charge in [-0.25, -0.2) is 0 Å². The van der Waals surface area contributed by atoms with Crippen molar-refractivity contribution in [2.75, 3.05) is 33.5 Å². The average molecular weight is 449 g/mol. The largest absolute Gasteiger partial charge is 0.492 e. The number of nitrogens with zero attached hydrogens (tertiary/aromatic N) is 1. The molecule has 0 amide bonds. The van der Waals surface area contributed by atoms with Crippen molar-refractivity contribution in [2.45, 2.75) is 26.7 Å². The molecule has 0 unspecified atom stereocenters. The number of benzene rings is 1. The summed E-state index contributed by atoms with van der Waals surface area (Å²) in [7, 11) is 1.78. The van der Waals surface area contributed by atoms with Gasteiger partial charge in [-0.3, -0.25) is 4.99 Å². The molecular formula is C17H28IN3O3. The van der Waals surface area contributed by atoms with E-state index in [1.54, 1.807) is 7.05 Å². The Balaban J connectivity index is 0.00000288. The van der Waals surface area contributed by atoms with Gasteiger partial charge in [0.15, 0.2) is 17.5 Å². The SMILES string of the molecule is CCC(CC)CNC(=NC)NCCOc1ccc2c(c1)OCO2.I. The highest BCUT2D eigenvalue weighted by Crippen LogP contribution is 2.34. The predicted molar refractivity (Wildman–Crippen MR) is 107 cm³/mol. The lowest BCUT2D eigenvalue weighted by atomic mass is 10.0. The molecule has 0 radical (unpaired) electrons. The standard InChI is InChI=1S/C17H27N3O3.HI/c1-4-13(5-2)11-20-17(18-3)19-8-9-21-14-6-7-15-16(10-14)23-12-22-15;/h6-7,10,13H,4-5,8-9,11-12H2,1-3H3,(H2,18,19,20);1H. The van der Waals surface area contributed by atoms with E-state index in [4.69, 9.17) is 14.2 Å². The Kier molecular flexibility index (Phi) is 9.66. The summed E-state index contributed by atoms with van der Waals surface area (Å²) < 4.78 is 16.3. The summed E-state index contributed by atoms with van der Waals surface area (Å²) in [4.78, 5) is 4.22. The number of hydrogen-bond donors (Lipinski definition) is 2. The van der Waals surface area contributed by atoms with Gasteiger partial charge in [-0.2, -0.15) is 0 Å². The van der Waals surface area contributed by atoms with Gasteiger partial charge in [-0.05, 0) is 18.1 Å². The molecule has 2 N–H and O–H groups in total. The highest BCUT2D eigenvalue weighted by Gasteiger charge is 2.13. The van der Waals surface area contributed by atoms with Gasteiger partial charge in [-0.15, -0.1) is 24.0 Å². The van der Waals surface area contributed by atoms with Crippen molar-refractivity contribution in [1.29, 1.82) is 0 Å². The Morgan fingerprint density at radius 3 is 2.67 bits per heavy atom. The van der Waals surface area contributed by atoms with Crippen LogP contribution < -0.4 is 24.8 Å². The van der Waals surface area contributed by atoms with Gasteiger partial charge in [0.25, 0.3) is 0 Å². The van der Waals surface area contributed by atoms with Crippen molar-refractivity contribution < 1.29 is 14.2 Å². The quantitative estimate of drug-likeness (QED) is 0.277. The van der Waals surface area contributed by atoms with Crippen LogP contribution in [0.1, 0.15) is 26.7 Å². The molecule has 1 aromatic carbocycles. The van der Waals surface area contributed by atoms with Crippen molar-refractivity contribution in [3.63, 3.8) is 0 Å². The molecule has 24 heavy (non-hydrogen) atoms. The zero-order valence-electron chi connectivity index (χ0n) is 14.6. The van der Waals surface area contributed by atoms with Crippen molar-refractivity contribution >= 4 is 29.9 Å². The molecule has 7 heteroatoms. The maximum Gasteiger partial charge on any atom is 0.231 e. The van der Waals surface area contributed by atoms with E-state index in [-0.39, 0.29) is 30.8 Å². The molecule has 0 aliphatic carbocycles. The van der Waals surface area contributed by atoms with E-state index in [1.165, 1.54) is 12.8 Å². The van der Waals surface area contributed by atoms with Gasteiger partial charge in [0.05, 0.1) is 6.54 Å². The Hall–Kier alpha value is -1.38. The Bertz CT molecular complexity index is 522. The van der Waals surface area contributed by atoms with E-state index < -0.39 is 0 Å². The summed E-state index contributed by atoms with van der Waals surface area (Å²) in [6, 6.07) is 5.59. The number of rotatable bonds is 8. The predicted octanol–water partition coefficient (Wildman–Crippen LogP) is 3.01. The molecule has 1 aromatic rings. The first kappa shape index (κ1) is 20.7. The van der Waals surface area contributed by atoms with Gasteiger partial charge in [0.1, 0.15) is 12.4 Å². The molecule has 136 valence electrons. The topological polar surface area (TPSA) is 64.1 Å². The normalized spacial score (nSPS) is 12.8. The van der Waals surface area contributed by atoms with Crippen LogP contribution in [0, 0.1) is 5.92 Å². The Morgan fingerprint density at radius 1 is 1.21 bits per heavy atom. The molecule has 0 saturated heterocycles. The first-order valence-corrected chi connectivity index (χ1v) is 8.23.